The van der Waals surface area contributed by atoms with Crippen LogP contribution >= 0.6 is 15.9 Å². The molecule has 0 radical (unpaired) electrons. The quantitative estimate of drug-likeness (QED) is 0.440. The van der Waals surface area contributed by atoms with E-state index in [2.05, 4.69) is 15.9 Å². The van der Waals surface area contributed by atoms with Gasteiger partial charge in [0.15, 0.2) is 0 Å². The van der Waals surface area contributed by atoms with E-state index in [9.17, 15) is 4.79 Å². The Bertz CT molecular complexity index is 329. The number of carbonyl (C=O) groups excluding carboxylic acids is 1. The first-order chi connectivity index (χ1) is 8.24. The van der Waals surface area contributed by atoms with Crippen molar-refractivity contribution in [3.63, 3.8) is 0 Å². The summed E-state index contributed by atoms with van der Waals surface area (Å²) < 4.78 is 0. The highest BCUT2D eigenvalue weighted by Crippen LogP contribution is 2.05. The van der Waals surface area contributed by atoms with Crippen molar-refractivity contribution >= 4 is 21.8 Å². The molecule has 0 spiro atoms. The Labute approximate surface area is 111 Å². The van der Waals surface area contributed by atoms with E-state index in [1.165, 1.54) is 12.0 Å². The number of halogens is 1. The van der Waals surface area contributed by atoms with Crippen LogP contribution in [0.2, 0.25) is 0 Å². The van der Waals surface area contributed by atoms with E-state index in [0.717, 1.165) is 23.7 Å². The Balaban J connectivity index is 2.36. The zero-order valence-electron chi connectivity index (χ0n) is 10.1. The molecule has 0 aliphatic heterocycles. The molecule has 0 unspecified atom stereocenters. The molecule has 94 valence electrons. The van der Waals surface area contributed by atoms with Crippen molar-refractivity contribution in [2.75, 3.05) is 11.9 Å². The molecule has 0 atom stereocenters. The highest BCUT2D eigenvalue weighted by Gasteiger charge is 2.08. The SMILES string of the molecule is CC(=O)N(CCCCBr)OCc1ccccc1. The number of carbonyl (C=O) groups is 1. The summed E-state index contributed by atoms with van der Waals surface area (Å²) in [6.45, 7) is 2.61. The lowest BCUT2D eigenvalue weighted by Gasteiger charge is -2.20. The van der Waals surface area contributed by atoms with E-state index in [-0.39, 0.29) is 5.91 Å². The number of nitrogens with zero attached hydrogens (tertiary/aromatic N) is 1. The molecular weight excluding hydrogens is 282 g/mol. The van der Waals surface area contributed by atoms with Crippen LogP contribution in [0.1, 0.15) is 25.3 Å². The van der Waals surface area contributed by atoms with Crippen molar-refractivity contribution < 1.29 is 9.63 Å². The molecule has 0 saturated carbocycles. The fourth-order valence-electron chi connectivity index (χ4n) is 1.39. The number of benzene rings is 1. The molecule has 0 aromatic heterocycles. The molecule has 0 saturated heterocycles. The van der Waals surface area contributed by atoms with Gasteiger partial charge in [-0.2, -0.15) is 0 Å². The third kappa shape index (κ3) is 5.84. The van der Waals surface area contributed by atoms with Crippen LogP contribution in [0.3, 0.4) is 0 Å². The summed E-state index contributed by atoms with van der Waals surface area (Å²) >= 11 is 3.37. The Morgan fingerprint density at radius 3 is 2.59 bits per heavy atom. The van der Waals surface area contributed by atoms with Gasteiger partial charge in [0, 0.05) is 18.8 Å². The highest BCUT2D eigenvalue weighted by molar-refractivity contribution is 9.09. The smallest absolute Gasteiger partial charge is 0.243 e. The van der Waals surface area contributed by atoms with Crippen LogP contribution in [0.15, 0.2) is 30.3 Å². The summed E-state index contributed by atoms with van der Waals surface area (Å²) in [6, 6.07) is 9.85. The summed E-state index contributed by atoms with van der Waals surface area (Å²) in [5.41, 5.74) is 1.07. The molecule has 0 N–H and O–H groups in total. The van der Waals surface area contributed by atoms with E-state index in [1.807, 2.05) is 30.3 Å². The number of hydrogen-bond acceptors (Lipinski definition) is 2. The van der Waals surface area contributed by atoms with Crippen LogP contribution in [-0.4, -0.2) is 22.8 Å². The first kappa shape index (κ1) is 14.2. The zero-order valence-corrected chi connectivity index (χ0v) is 11.6. The van der Waals surface area contributed by atoms with Gasteiger partial charge in [-0.3, -0.25) is 9.63 Å². The Hall–Kier alpha value is -0.870. The van der Waals surface area contributed by atoms with Gasteiger partial charge in [-0.1, -0.05) is 46.3 Å². The Morgan fingerprint density at radius 2 is 2.00 bits per heavy atom. The van der Waals surface area contributed by atoms with Crippen LogP contribution in [0.5, 0.6) is 0 Å². The van der Waals surface area contributed by atoms with E-state index in [1.54, 1.807) is 0 Å². The van der Waals surface area contributed by atoms with Crippen LogP contribution in [0, 0.1) is 0 Å². The molecular formula is C13H18BrNO2. The average Bonchev–Trinajstić information content (AvgIpc) is 2.34. The molecule has 0 aliphatic carbocycles. The largest absolute Gasteiger partial charge is 0.273 e. The maximum Gasteiger partial charge on any atom is 0.243 e. The lowest BCUT2D eigenvalue weighted by atomic mass is 10.2. The van der Waals surface area contributed by atoms with Crippen molar-refractivity contribution in [1.82, 2.24) is 5.06 Å². The fourth-order valence-corrected chi connectivity index (χ4v) is 1.79. The zero-order chi connectivity index (χ0) is 12.5. The number of amides is 1. The summed E-state index contributed by atoms with van der Waals surface area (Å²) in [4.78, 5) is 16.9. The minimum absolute atomic E-state index is 0.0458. The van der Waals surface area contributed by atoms with Crippen molar-refractivity contribution in [3.05, 3.63) is 35.9 Å². The lowest BCUT2D eigenvalue weighted by Crippen LogP contribution is -2.29. The maximum absolute atomic E-state index is 11.3. The fraction of sp³-hybridized carbons (Fsp3) is 0.462. The summed E-state index contributed by atoms with van der Waals surface area (Å²) in [5.74, 6) is -0.0458. The maximum atomic E-state index is 11.3. The van der Waals surface area contributed by atoms with Crippen molar-refractivity contribution in [2.45, 2.75) is 26.4 Å². The number of hydroxylamine groups is 2. The van der Waals surface area contributed by atoms with Gasteiger partial charge < -0.3 is 0 Å². The van der Waals surface area contributed by atoms with E-state index >= 15 is 0 Å². The first-order valence-corrected chi connectivity index (χ1v) is 6.87. The molecule has 4 heteroatoms. The van der Waals surface area contributed by atoms with Crippen LogP contribution in [-0.2, 0) is 16.2 Å². The second-order valence-electron chi connectivity index (χ2n) is 3.78. The molecule has 0 bridgehead atoms. The van der Waals surface area contributed by atoms with Gasteiger partial charge in [-0.15, -0.1) is 0 Å². The van der Waals surface area contributed by atoms with Gasteiger partial charge in [-0.05, 0) is 18.4 Å². The number of rotatable bonds is 7. The van der Waals surface area contributed by atoms with E-state index < -0.39 is 0 Å². The Morgan fingerprint density at radius 1 is 1.29 bits per heavy atom. The number of unbranched alkanes of at least 4 members (excludes halogenated alkanes) is 1. The second kappa shape index (κ2) is 8.25. The van der Waals surface area contributed by atoms with Gasteiger partial charge in [0.25, 0.3) is 0 Å². The van der Waals surface area contributed by atoms with Crippen molar-refractivity contribution in [2.24, 2.45) is 0 Å². The van der Waals surface area contributed by atoms with Crippen molar-refractivity contribution in [1.29, 1.82) is 0 Å². The van der Waals surface area contributed by atoms with Gasteiger partial charge in [0.1, 0.15) is 6.61 Å². The summed E-state index contributed by atoms with van der Waals surface area (Å²) in [5, 5.41) is 2.40. The van der Waals surface area contributed by atoms with Gasteiger partial charge in [0.05, 0.1) is 0 Å². The first-order valence-electron chi connectivity index (χ1n) is 5.75. The minimum Gasteiger partial charge on any atom is -0.273 e. The van der Waals surface area contributed by atoms with E-state index in [0.29, 0.717) is 13.2 Å². The lowest BCUT2D eigenvalue weighted by molar-refractivity contribution is -0.189. The second-order valence-corrected chi connectivity index (χ2v) is 4.57. The molecule has 17 heavy (non-hydrogen) atoms. The minimum atomic E-state index is -0.0458. The molecule has 0 fully saturated rings. The van der Waals surface area contributed by atoms with Gasteiger partial charge in [0.2, 0.25) is 5.91 Å². The van der Waals surface area contributed by atoms with Crippen LogP contribution < -0.4 is 0 Å². The summed E-state index contributed by atoms with van der Waals surface area (Å²) in [7, 11) is 0. The molecule has 3 nitrogen and oxygen atoms in total. The summed E-state index contributed by atoms with van der Waals surface area (Å²) in [6.07, 6.45) is 1.98. The van der Waals surface area contributed by atoms with E-state index in [4.69, 9.17) is 4.84 Å². The average molecular weight is 300 g/mol. The monoisotopic (exact) mass is 299 g/mol. The third-order valence-corrected chi connectivity index (χ3v) is 2.89. The molecule has 1 aromatic carbocycles. The van der Waals surface area contributed by atoms with Gasteiger partial charge in [-0.25, -0.2) is 5.06 Å². The molecule has 0 heterocycles. The van der Waals surface area contributed by atoms with Crippen LogP contribution in [0.4, 0.5) is 0 Å². The molecule has 1 aromatic rings. The predicted octanol–water partition coefficient (Wildman–Crippen LogP) is 3.14. The number of hydrogen-bond donors (Lipinski definition) is 0. The standard InChI is InChI=1S/C13H18BrNO2/c1-12(16)15(10-6-5-9-14)17-11-13-7-3-2-4-8-13/h2-4,7-8H,5-6,9-11H2,1H3. The molecule has 1 amide bonds. The van der Waals surface area contributed by atoms with Crippen molar-refractivity contribution in [3.8, 4) is 0 Å². The number of alkyl halides is 1. The molecule has 1 rings (SSSR count). The molecule has 0 aliphatic rings. The normalized spacial score (nSPS) is 10.2. The Kier molecular flexibility index (Phi) is 6.89. The third-order valence-electron chi connectivity index (χ3n) is 2.33. The topological polar surface area (TPSA) is 29.5 Å². The predicted molar refractivity (Wildman–Crippen MR) is 71.6 cm³/mol. The van der Waals surface area contributed by atoms with Crippen LogP contribution in [0.25, 0.3) is 0 Å². The highest BCUT2D eigenvalue weighted by atomic mass is 79.9. The van der Waals surface area contributed by atoms with Gasteiger partial charge >= 0.3 is 0 Å².